The molecule has 0 atom stereocenters. The molecule has 4 rings (SSSR count). The lowest BCUT2D eigenvalue weighted by atomic mass is 10.1. The molecule has 0 bridgehead atoms. The first-order valence-corrected chi connectivity index (χ1v) is 9.42. The zero-order valence-electron chi connectivity index (χ0n) is 13.8. The van der Waals surface area contributed by atoms with Crippen LogP contribution in [0.3, 0.4) is 0 Å². The highest BCUT2D eigenvalue weighted by atomic mass is 32.2. The van der Waals surface area contributed by atoms with Gasteiger partial charge in [0.2, 0.25) is 5.91 Å². The van der Waals surface area contributed by atoms with E-state index in [1.54, 1.807) is 0 Å². The number of likely N-dealkylation sites (tertiary alicyclic amines) is 1. The first kappa shape index (κ1) is 16.2. The van der Waals surface area contributed by atoms with E-state index in [2.05, 4.69) is 10.2 Å². The van der Waals surface area contributed by atoms with Crippen LogP contribution in [0, 0.1) is 0 Å². The number of carbonyl (C=O) groups excluding carboxylic acids is 1. The lowest BCUT2D eigenvalue weighted by molar-refractivity contribution is -0.127. The van der Waals surface area contributed by atoms with Gasteiger partial charge in [-0.25, -0.2) is 0 Å². The largest absolute Gasteiger partial charge is 0.486 e. The van der Waals surface area contributed by atoms with Gasteiger partial charge in [0.15, 0.2) is 11.5 Å². The molecule has 1 saturated heterocycles. The topological polar surface area (TPSA) is 64.5 Å². The average Bonchev–Trinajstić information content (AvgIpc) is 3.21. The molecule has 1 aromatic heterocycles. The number of benzene rings is 1. The number of hydrogen-bond donors (Lipinski definition) is 0. The number of amides is 1. The summed E-state index contributed by atoms with van der Waals surface area (Å²) < 4.78 is 11.1. The maximum absolute atomic E-state index is 12.1. The minimum atomic E-state index is 0.181. The van der Waals surface area contributed by atoms with Gasteiger partial charge in [0.25, 0.3) is 0 Å². The Kier molecular flexibility index (Phi) is 4.74. The number of nitrogens with zero attached hydrogens (tertiary/aromatic N) is 3. The van der Waals surface area contributed by atoms with Crippen LogP contribution in [0.1, 0.15) is 12.8 Å². The average molecular weight is 357 g/mol. The van der Waals surface area contributed by atoms with Crippen molar-refractivity contribution in [2.45, 2.75) is 17.9 Å². The van der Waals surface area contributed by atoms with Gasteiger partial charge in [-0.15, -0.1) is 10.2 Å². The Labute approximate surface area is 150 Å². The van der Waals surface area contributed by atoms with Crippen molar-refractivity contribution in [2.75, 3.05) is 32.1 Å². The highest BCUT2D eigenvalue weighted by Crippen LogP contribution is 2.34. The molecule has 1 fully saturated rings. The Morgan fingerprint density at radius 1 is 1.04 bits per heavy atom. The quantitative estimate of drug-likeness (QED) is 0.784. The van der Waals surface area contributed by atoms with Gasteiger partial charge in [-0.05, 0) is 43.2 Å². The van der Waals surface area contributed by atoms with E-state index in [9.17, 15) is 4.79 Å². The third kappa shape index (κ3) is 3.71. The van der Waals surface area contributed by atoms with Crippen LogP contribution < -0.4 is 9.47 Å². The van der Waals surface area contributed by atoms with E-state index in [0.717, 1.165) is 53.7 Å². The molecule has 0 radical (unpaired) electrons. The summed E-state index contributed by atoms with van der Waals surface area (Å²) in [6.07, 6.45) is 2.22. The summed E-state index contributed by atoms with van der Waals surface area (Å²) in [7, 11) is 0. The van der Waals surface area contributed by atoms with Crippen LogP contribution in [0.15, 0.2) is 35.4 Å². The third-order valence-corrected chi connectivity index (χ3v) is 5.19. The Bertz CT molecular complexity index is 761. The fourth-order valence-corrected chi connectivity index (χ4v) is 3.66. The molecule has 1 amide bonds. The summed E-state index contributed by atoms with van der Waals surface area (Å²) in [4.78, 5) is 14.0. The summed E-state index contributed by atoms with van der Waals surface area (Å²) in [5.41, 5.74) is 1.70. The Morgan fingerprint density at radius 2 is 1.84 bits per heavy atom. The summed E-state index contributed by atoms with van der Waals surface area (Å²) in [6.45, 7) is 2.90. The van der Waals surface area contributed by atoms with E-state index in [1.165, 1.54) is 11.8 Å². The first-order valence-electron chi connectivity index (χ1n) is 8.44. The fourth-order valence-electron chi connectivity index (χ4n) is 2.95. The lowest BCUT2D eigenvalue weighted by Crippen LogP contribution is -2.29. The second-order valence-electron chi connectivity index (χ2n) is 5.99. The van der Waals surface area contributed by atoms with E-state index < -0.39 is 0 Å². The van der Waals surface area contributed by atoms with Crippen molar-refractivity contribution in [3.8, 4) is 22.8 Å². The molecule has 0 aliphatic carbocycles. The van der Waals surface area contributed by atoms with Gasteiger partial charge >= 0.3 is 0 Å². The van der Waals surface area contributed by atoms with Crippen LogP contribution in [-0.2, 0) is 4.79 Å². The maximum Gasteiger partial charge on any atom is 0.232 e. The van der Waals surface area contributed by atoms with Gasteiger partial charge in [-0.1, -0.05) is 11.8 Å². The standard InChI is InChI=1S/C18H19N3O3S/c22-18(21-7-1-2-8-21)12-25-17-6-4-14(19-20-17)13-3-5-15-16(11-13)24-10-9-23-15/h3-6,11H,1-2,7-10,12H2. The van der Waals surface area contributed by atoms with Gasteiger partial charge in [-0.3, -0.25) is 4.79 Å². The first-order chi connectivity index (χ1) is 12.3. The predicted octanol–water partition coefficient (Wildman–Crippen LogP) is 2.63. The summed E-state index contributed by atoms with van der Waals surface area (Å²) in [5.74, 6) is 2.09. The second-order valence-corrected chi connectivity index (χ2v) is 6.99. The number of hydrogen-bond acceptors (Lipinski definition) is 6. The van der Waals surface area contributed by atoms with Gasteiger partial charge in [0.05, 0.1) is 11.4 Å². The van der Waals surface area contributed by atoms with Gasteiger partial charge in [-0.2, -0.15) is 0 Å². The molecule has 2 aliphatic rings. The molecule has 2 aromatic rings. The van der Waals surface area contributed by atoms with Crippen molar-refractivity contribution >= 4 is 17.7 Å². The Morgan fingerprint density at radius 3 is 2.60 bits per heavy atom. The molecule has 0 spiro atoms. The van der Waals surface area contributed by atoms with Crippen LogP contribution in [0.5, 0.6) is 11.5 Å². The van der Waals surface area contributed by atoms with Crippen LogP contribution in [0.2, 0.25) is 0 Å². The van der Waals surface area contributed by atoms with Crippen molar-refractivity contribution in [1.29, 1.82) is 0 Å². The summed E-state index contributed by atoms with van der Waals surface area (Å²) >= 11 is 1.43. The molecular weight excluding hydrogens is 338 g/mol. The molecule has 25 heavy (non-hydrogen) atoms. The van der Waals surface area contributed by atoms with Crippen LogP contribution >= 0.6 is 11.8 Å². The fraction of sp³-hybridized carbons (Fsp3) is 0.389. The summed E-state index contributed by atoms with van der Waals surface area (Å²) in [6, 6.07) is 9.58. The maximum atomic E-state index is 12.1. The number of aromatic nitrogens is 2. The molecular formula is C18H19N3O3S. The molecule has 1 aromatic carbocycles. The lowest BCUT2D eigenvalue weighted by Gasteiger charge is -2.18. The normalized spacial score (nSPS) is 16.1. The molecule has 0 unspecified atom stereocenters. The van der Waals surface area contributed by atoms with Crippen LogP contribution in [0.4, 0.5) is 0 Å². The smallest absolute Gasteiger partial charge is 0.232 e. The van der Waals surface area contributed by atoms with Gasteiger partial charge < -0.3 is 14.4 Å². The monoisotopic (exact) mass is 357 g/mol. The third-order valence-electron chi connectivity index (χ3n) is 4.28. The predicted molar refractivity (Wildman–Crippen MR) is 95.0 cm³/mol. The number of thioether (sulfide) groups is 1. The van der Waals surface area contributed by atoms with Gasteiger partial charge in [0.1, 0.15) is 18.2 Å². The zero-order valence-corrected chi connectivity index (χ0v) is 14.6. The van der Waals surface area contributed by atoms with Gasteiger partial charge in [0, 0.05) is 18.7 Å². The molecule has 0 saturated carbocycles. The number of rotatable bonds is 4. The number of ether oxygens (including phenoxy) is 2. The highest BCUT2D eigenvalue weighted by Gasteiger charge is 2.18. The Hall–Kier alpha value is -2.28. The minimum absolute atomic E-state index is 0.181. The van der Waals surface area contributed by atoms with E-state index >= 15 is 0 Å². The molecule has 2 aliphatic heterocycles. The van der Waals surface area contributed by atoms with E-state index in [0.29, 0.717) is 19.0 Å². The number of carbonyl (C=O) groups is 1. The van der Waals surface area contributed by atoms with Crippen LogP contribution in [0.25, 0.3) is 11.3 Å². The summed E-state index contributed by atoms with van der Waals surface area (Å²) in [5, 5.41) is 9.28. The van der Waals surface area contributed by atoms with E-state index in [-0.39, 0.29) is 5.91 Å². The Balaban J connectivity index is 1.40. The molecule has 7 heteroatoms. The minimum Gasteiger partial charge on any atom is -0.486 e. The van der Waals surface area contributed by atoms with Crippen LogP contribution in [-0.4, -0.2) is 53.1 Å². The van der Waals surface area contributed by atoms with Crippen molar-refractivity contribution in [1.82, 2.24) is 15.1 Å². The van der Waals surface area contributed by atoms with E-state index in [4.69, 9.17) is 9.47 Å². The molecule has 130 valence electrons. The molecule has 3 heterocycles. The highest BCUT2D eigenvalue weighted by molar-refractivity contribution is 7.99. The van der Waals surface area contributed by atoms with Crippen molar-refractivity contribution in [3.05, 3.63) is 30.3 Å². The van der Waals surface area contributed by atoms with Crippen molar-refractivity contribution < 1.29 is 14.3 Å². The van der Waals surface area contributed by atoms with Crippen molar-refractivity contribution in [2.24, 2.45) is 0 Å². The number of fused-ring (bicyclic) bond motifs is 1. The second kappa shape index (κ2) is 7.31. The molecule has 6 nitrogen and oxygen atoms in total. The van der Waals surface area contributed by atoms with Crippen molar-refractivity contribution in [3.63, 3.8) is 0 Å². The zero-order chi connectivity index (χ0) is 17.1. The van der Waals surface area contributed by atoms with E-state index in [1.807, 2.05) is 35.2 Å². The SMILES string of the molecule is O=C(CSc1ccc(-c2ccc3c(c2)OCCO3)nn1)N1CCCC1. The molecule has 0 N–H and O–H groups in total.